The van der Waals surface area contributed by atoms with Gasteiger partial charge in [-0.05, 0) is 23.6 Å². The summed E-state index contributed by atoms with van der Waals surface area (Å²) in [6, 6.07) is 7.10. The first-order valence-electron chi connectivity index (χ1n) is 4.11. The molecule has 0 unspecified atom stereocenters. The summed E-state index contributed by atoms with van der Waals surface area (Å²) in [6.07, 6.45) is 1.60. The molecular weight excluding hydrogens is 196 g/mol. The van der Waals surface area contributed by atoms with Crippen LogP contribution in [0.15, 0.2) is 41.2 Å². The highest BCUT2D eigenvalue weighted by Gasteiger charge is 2.05. The Balaban J connectivity index is 2.11. The number of carbonyl (C=O) groups excluding carboxylic acids is 1. The normalized spacial score (nSPS) is 9.71. The number of rotatable bonds is 2. The molecule has 2 aromatic heterocycles. The molecule has 0 spiro atoms. The van der Waals surface area contributed by atoms with E-state index in [9.17, 15) is 4.79 Å². The van der Waals surface area contributed by atoms with Gasteiger partial charge in [-0.1, -0.05) is 6.07 Å². The van der Waals surface area contributed by atoms with Crippen molar-refractivity contribution in [3.8, 4) is 0 Å². The molecular formula is C10H8N2OS. The summed E-state index contributed by atoms with van der Waals surface area (Å²) in [7, 11) is 0. The van der Waals surface area contributed by atoms with Gasteiger partial charge in [0, 0.05) is 11.6 Å². The van der Waals surface area contributed by atoms with Crippen LogP contribution in [-0.2, 0) is 0 Å². The third-order valence-corrected chi connectivity index (χ3v) is 2.36. The van der Waals surface area contributed by atoms with E-state index in [-0.39, 0.29) is 5.91 Å². The predicted octanol–water partition coefficient (Wildman–Crippen LogP) is 2.40. The fraction of sp³-hybridized carbons (Fsp3) is 0. The Labute approximate surface area is 85.4 Å². The Hall–Kier alpha value is -1.68. The standard InChI is InChI=1S/C10H8N2OS/c13-10(9-3-1-2-5-11-9)12-8-4-6-14-7-8/h1-7H,(H,12,13). The minimum absolute atomic E-state index is 0.177. The van der Waals surface area contributed by atoms with Gasteiger partial charge >= 0.3 is 0 Å². The summed E-state index contributed by atoms with van der Waals surface area (Å²) in [5.41, 5.74) is 1.24. The summed E-state index contributed by atoms with van der Waals surface area (Å²) in [4.78, 5) is 15.5. The largest absolute Gasteiger partial charge is 0.320 e. The topological polar surface area (TPSA) is 42.0 Å². The molecule has 0 aliphatic rings. The van der Waals surface area contributed by atoms with Crippen LogP contribution in [0.5, 0.6) is 0 Å². The molecule has 70 valence electrons. The van der Waals surface area contributed by atoms with Crippen molar-refractivity contribution in [2.45, 2.75) is 0 Å². The number of anilines is 1. The van der Waals surface area contributed by atoms with Gasteiger partial charge < -0.3 is 5.32 Å². The van der Waals surface area contributed by atoms with Gasteiger partial charge in [0.15, 0.2) is 0 Å². The van der Waals surface area contributed by atoms with E-state index in [1.54, 1.807) is 35.7 Å². The lowest BCUT2D eigenvalue weighted by atomic mass is 10.3. The van der Waals surface area contributed by atoms with Crippen LogP contribution in [0.3, 0.4) is 0 Å². The molecule has 0 aliphatic carbocycles. The van der Waals surface area contributed by atoms with Crippen LogP contribution in [0, 0.1) is 0 Å². The smallest absolute Gasteiger partial charge is 0.274 e. The van der Waals surface area contributed by atoms with Gasteiger partial charge in [0.2, 0.25) is 0 Å². The first-order valence-corrected chi connectivity index (χ1v) is 5.05. The van der Waals surface area contributed by atoms with E-state index in [1.807, 2.05) is 16.8 Å². The molecule has 0 fully saturated rings. The van der Waals surface area contributed by atoms with Crippen molar-refractivity contribution >= 4 is 22.9 Å². The lowest BCUT2D eigenvalue weighted by Crippen LogP contribution is -2.12. The van der Waals surface area contributed by atoms with Crippen molar-refractivity contribution < 1.29 is 4.79 Å². The highest BCUT2D eigenvalue weighted by molar-refractivity contribution is 7.08. The molecule has 2 rings (SSSR count). The summed E-state index contributed by atoms with van der Waals surface area (Å²) < 4.78 is 0. The zero-order chi connectivity index (χ0) is 9.80. The summed E-state index contributed by atoms with van der Waals surface area (Å²) in [5, 5.41) is 6.53. The predicted molar refractivity (Wildman–Crippen MR) is 56.5 cm³/mol. The number of thiophene rings is 1. The van der Waals surface area contributed by atoms with Gasteiger partial charge in [-0.15, -0.1) is 0 Å². The molecule has 2 aromatic rings. The first-order chi connectivity index (χ1) is 6.86. The number of hydrogen-bond acceptors (Lipinski definition) is 3. The maximum atomic E-state index is 11.5. The van der Waals surface area contributed by atoms with Crippen molar-refractivity contribution in [3.63, 3.8) is 0 Å². The van der Waals surface area contributed by atoms with E-state index in [1.165, 1.54) is 0 Å². The quantitative estimate of drug-likeness (QED) is 0.816. The van der Waals surface area contributed by atoms with Gasteiger partial charge in [-0.3, -0.25) is 9.78 Å². The van der Waals surface area contributed by atoms with Crippen LogP contribution in [0.2, 0.25) is 0 Å². The molecule has 0 radical (unpaired) electrons. The summed E-state index contributed by atoms with van der Waals surface area (Å²) in [5.74, 6) is -0.177. The highest BCUT2D eigenvalue weighted by atomic mass is 32.1. The summed E-state index contributed by atoms with van der Waals surface area (Å²) >= 11 is 1.54. The molecule has 0 saturated heterocycles. The number of amides is 1. The average molecular weight is 204 g/mol. The third-order valence-electron chi connectivity index (χ3n) is 1.68. The monoisotopic (exact) mass is 204 g/mol. The molecule has 0 saturated carbocycles. The Kier molecular flexibility index (Phi) is 2.55. The zero-order valence-electron chi connectivity index (χ0n) is 7.31. The van der Waals surface area contributed by atoms with Gasteiger partial charge in [0.05, 0.1) is 5.69 Å². The Bertz CT molecular complexity index is 411. The number of pyridine rings is 1. The fourth-order valence-corrected chi connectivity index (χ4v) is 1.62. The SMILES string of the molecule is O=C(Nc1ccsc1)c1ccccn1. The zero-order valence-corrected chi connectivity index (χ0v) is 8.12. The van der Waals surface area contributed by atoms with Crippen molar-refractivity contribution in [2.75, 3.05) is 5.32 Å². The summed E-state index contributed by atoms with van der Waals surface area (Å²) in [6.45, 7) is 0. The highest BCUT2D eigenvalue weighted by Crippen LogP contribution is 2.12. The van der Waals surface area contributed by atoms with Crippen LogP contribution < -0.4 is 5.32 Å². The number of nitrogens with zero attached hydrogens (tertiary/aromatic N) is 1. The minimum atomic E-state index is -0.177. The molecule has 3 nitrogen and oxygen atoms in total. The second-order valence-electron chi connectivity index (χ2n) is 2.68. The van der Waals surface area contributed by atoms with E-state index in [2.05, 4.69) is 10.3 Å². The lowest BCUT2D eigenvalue weighted by molar-refractivity contribution is 0.102. The second kappa shape index (κ2) is 4.02. The van der Waals surface area contributed by atoms with Crippen molar-refractivity contribution in [2.24, 2.45) is 0 Å². The number of aromatic nitrogens is 1. The fourth-order valence-electron chi connectivity index (χ4n) is 1.03. The van der Waals surface area contributed by atoms with Crippen molar-refractivity contribution in [3.05, 3.63) is 46.9 Å². The number of nitrogens with one attached hydrogen (secondary N) is 1. The van der Waals surface area contributed by atoms with Crippen LogP contribution in [-0.4, -0.2) is 10.9 Å². The van der Waals surface area contributed by atoms with Gasteiger partial charge in [-0.25, -0.2) is 0 Å². The maximum Gasteiger partial charge on any atom is 0.274 e. The van der Waals surface area contributed by atoms with E-state index in [0.29, 0.717) is 5.69 Å². The molecule has 4 heteroatoms. The van der Waals surface area contributed by atoms with E-state index in [4.69, 9.17) is 0 Å². The Morgan fingerprint density at radius 2 is 2.29 bits per heavy atom. The third kappa shape index (κ3) is 1.97. The molecule has 0 atom stereocenters. The van der Waals surface area contributed by atoms with Crippen molar-refractivity contribution in [1.29, 1.82) is 0 Å². The minimum Gasteiger partial charge on any atom is -0.320 e. The number of hydrogen-bond donors (Lipinski definition) is 1. The first kappa shape index (κ1) is 8.90. The Morgan fingerprint density at radius 3 is 2.93 bits per heavy atom. The van der Waals surface area contributed by atoms with Gasteiger partial charge in [0.1, 0.15) is 5.69 Å². The molecule has 14 heavy (non-hydrogen) atoms. The van der Waals surface area contributed by atoms with Crippen LogP contribution in [0.25, 0.3) is 0 Å². The van der Waals surface area contributed by atoms with E-state index < -0.39 is 0 Å². The molecule has 1 N–H and O–H groups in total. The molecule has 0 bridgehead atoms. The average Bonchev–Trinajstić information content (AvgIpc) is 2.72. The van der Waals surface area contributed by atoms with E-state index in [0.717, 1.165) is 5.69 Å². The van der Waals surface area contributed by atoms with Crippen molar-refractivity contribution in [1.82, 2.24) is 4.98 Å². The van der Waals surface area contributed by atoms with Gasteiger partial charge in [0.25, 0.3) is 5.91 Å². The maximum absolute atomic E-state index is 11.5. The lowest BCUT2D eigenvalue weighted by Gasteiger charge is -2.00. The second-order valence-corrected chi connectivity index (χ2v) is 3.46. The van der Waals surface area contributed by atoms with Gasteiger partial charge in [-0.2, -0.15) is 11.3 Å². The van der Waals surface area contributed by atoms with Crippen LogP contribution in [0.4, 0.5) is 5.69 Å². The number of carbonyl (C=O) groups is 1. The molecule has 2 heterocycles. The van der Waals surface area contributed by atoms with Crippen LogP contribution >= 0.6 is 11.3 Å². The van der Waals surface area contributed by atoms with E-state index >= 15 is 0 Å². The molecule has 1 amide bonds. The molecule has 0 aliphatic heterocycles. The Morgan fingerprint density at radius 1 is 1.36 bits per heavy atom. The van der Waals surface area contributed by atoms with Crippen LogP contribution in [0.1, 0.15) is 10.5 Å². The molecule has 0 aromatic carbocycles.